The van der Waals surface area contributed by atoms with E-state index in [1.54, 1.807) is 6.92 Å². The third kappa shape index (κ3) is 3.38. The Morgan fingerprint density at radius 1 is 1.24 bits per heavy atom. The zero-order valence-corrected chi connectivity index (χ0v) is 10.3. The van der Waals surface area contributed by atoms with Gasteiger partial charge in [0.2, 0.25) is 5.91 Å². The van der Waals surface area contributed by atoms with Gasteiger partial charge in [0.05, 0.1) is 6.10 Å². The molecule has 1 fully saturated rings. The quantitative estimate of drug-likeness (QED) is 0.382. The second kappa shape index (κ2) is 6.30. The maximum atomic E-state index is 11.8. The summed E-state index contributed by atoms with van der Waals surface area (Å²) in [5.41, 5.74) is 0. The Labute approximate surface area is 101 Å². The molecule has 5 N–H and O–H groups in total. The standard InChI is InChI=1S/C11H22N2O4/c1-3-4-5-12-11(17)7-9(15)10(16)8(14)6(2)13-7/h6-10,13-16H,3-5H2,1-2H3,(H,12,17)/t6-,7+,8-,9-,10+/m0/s1. The van der Waals surface area contributed by atoms with Crippen molar-refractivity contribution in [3.8, 4) is 0 Å². The van der Waals surface area contributed by atoms with E-state index in [0.717, 1.165) is 12.8 Å². The fourth-order valence-electron chi connectivity index (χ4n) is 1.90. The van der Waals surface area contributed by atoms with Gasteiger partial charge < -0.3 is 20.6 Å². The molecule has 17 heavy (non-hydrogen) atoms. The van der Waals surface area contributed by atoms with E-state index >= 15 is 0 Å². The number of aliphatic hydroxyl groups excluding tert-OH is 3. The summed E-state index contributed by atoms with van der Waals surface area (Å²) in [6.45, 7) is 4.22. The van der Waals surface area contributed by atoms with Crippen LogP contribution >= 0.6 is 0 Å². The van der Waals surface area contributed by atoms with Gasteiger partial charge in [-0.05, 0) is 13.3 Å². The Hall–Kier alpha value is -0.690. The third-order valence-corrected chi connectivity index (χ3v) is 3.11. The molecule has 0 aromatic rings. The molecule has 100 valence electrons. The number of carbonyl (C=O) groups excluding carboxylic acids is 1. The Morgan fingerprint density at radius 3 is 2.47 bits per heavy atom. The van der Waals surface area contributed by atoms with Crippen molar-refractivity contribution in [2.45, 2.75) is 57.1 Å². The summed E-state index contributed by atoms with van der Waals surface area (Å²) < 4.78 is 0. The first kappa shape index (κ1) is 14.4. The van der Waals surface area contributed by atoms with Gasteiger partial charge >= 0.3 is 0 Å². The van der Waals surface area contributed by atoms with Crippen LogP contribution in [0.2, 0.25) is 0 Å². The number of rotatable bonds is 4. The highest BCUT2D eigenvalue weighted by molar-refractivity contribution is 5.82. The van der Waals surface area contributed by atoms with Crippen molar-refractivity contribution in [1.29, 1.82) is 0 Å². The van der Waals surface area contributed by atoms with Crippen LogP contribution in [0, 0.1) is 0 Å². The SMILES string of the molecule is CCCCNC(=O)[C@@H]1N[C@@H](C)[C@H](O)[C@@H](O)[C@H]1O. The minimum Gasteiger partial charge on any atom is -0.389 e. The molecule has 0 spiro atoms. The number of carbonyl (C=O) groups is 1. The number of piperidine rings is 1. The van der Waals surface area contributed by atoms with Gasteiger partial charge in [-0.1, -0.05) is 13.3 Å². The molecule has 5 atom stereocenters. The van der Waals surface area contributed by atoms with E-state index in [9.17, 15) is 20.1 Å². The van der Waals surface area contributed by atoms with Crippen molar-refractivity contribution >= 4 is 5.91 Å². The minimum absolute atomic E-state index is 0.344. The second-order valence-electron chi connectivity index (χ2n) is 4.55. The molecule has 0 unspecified atom stereocenters. The molecular weight excluding hydrogens is 224 g/mol. The molecule has 6 nitrogen and oxygen atoms in total. The van der Waals surface area contributed by atoms with Crippen LogP contribution in [-0.4, -0.2) is 58.2 Å². The first-order valence-corrected chi connectivity index (χ1v) is 6.07. The molecule has 1 heterocycles. The highest BCUT2D eigenvalue weighted by atomic mass is 16.4. The Bertz CT molecular complexity index is 262. The summed E-state index contributed by atoms with van der Waals surface area (Å²) in [6, 6.07) is -1.31. The van der Waals surface area contributed by atoms with E-state index in [4.69, 9.17) is 0 Å². The van der Waals surface area contributed by atoms with Crippen molar-refractivity contribution < 1.29 is 20.1 Å². The lowest BCUT2D eigenvalue weighted by atomic mass is 9.90. The number of unbranched alkanes of at least 4 members (excludes halogenated alkanes) is 1. The molecule has 6 heteroatoms. The summed E-state index contributed by atoms with van der Waals surface area (Å²) in [5, 5.41) is 34.3. The lowest BCUT2D eigenvalue weighted by molar-refractivity contribution is -0.142. The fraction of sp³-hybridized carbons (Fsp3) is 0.909. The second-order valence-corrected chi connectivity index (χ2v) is 4.55. The monoisotopic (exact) mass is 246 g/mol. The van der Waals surface area contributed by atoms with Crippen molar-refractivity contribution in [2.24, 2.45) is 0 Å². The van der Waals surface area contributed by atoms with Gasteiger partial charge in [0, 0.05) is 12.6 Å². The number of nitrogens with one attached hydrogen (secondary N) is 2. The zero-order valence-electron chi connectivity index (χ0n) is 10.3. The Morgan fingerprint density at radius 2 is 1.88 bits per heavy atom. The molecule has 1 saturated heterocycles. The van der Waals surface area contributed by atoms with Gasteiger partial charge in [0.25, 0.3) is 0 Å². The van der Waals surface area contributed by atoms with Crippen LogP contribution < -0.4 is 10.6 Å². The molecule has 0 bridgehead atoms. The first-order chi connectivity index (χ1) is 7.99. The molecule has 1 aliphatic heterocycles. The van der Waals surface area contributed by atoms with Gasteiger partial charge in [0.15, 0.2) is 0 Å². The van der Waals surface area contributed by atoms with Crippen molar-refractivity contribution in [3.63, 3.8) is 0 Å². The van der Waals surface area contributed by atoms with Crippen LogP contribution in [0.5, 0.6) is 0 Å². The predicted molar refractivity (Wildman–Crippen MR) is 62.3 cm³/mol. The van der Waals surface area contributed by atoms with Crippen LogP contribution in [0.15, 0.2) is 0 Å². The van der Waals surface area contributed by atoms with E-state index in [0.29, 0.717) is 6.54 Å². The molecule has 0 aliphatic carbocycles. The largest absolute Gasteiger partial charge is 0.389 e. The highest BCUT2D eigenvalue weighted by Gasteiger charge is 2.43. The van der Waals surface area contributed by atoms with Crippen LogP contribution in [0.1, 0.15) is 26.7 Å². The minimum atomic E-state index is -1.30. The maximum absolute atomic E-state index is 11.8. The molecule has 1 amide bonds. The maximum Gasteiger partial charge on any atom is 0.239 e. The van der Waals surface area contributed by atoms with Gasteiger partial charge in [0.1, 0.15) is 18.2 Å². The number of hydrogen-bond acceptors (Lipinski definition) is 5. The Kier molecular flexibility index (Phi) is 5.32. The van der Waals surface area contributed by atoms with Gasteiger partial charge in [-0.25, -0.2) is 0 Å². The van der Waals surface area contributed by atoms with E-state index in [1.807, 2.05) is 6.92 Å². The normalized spacial score (nSPS) is 37.8. The van der Waals surface area contributed by atoms with Gasteiger partial charge in [-0.2, -0.15) is 0 Å². The molecule has 1 aliphatic rings. The highest BCUT2D eigenvalue weighted by Crippen LogP contribution is 2.15. The molecular formula is C11H22N2O4. The summed E-state index contributed by atoms with van der Waals surface area (Å²) in [4.78, 5) is 11.8. The summed E-state index contributed by atoms with van der Waals surface area (Å²) in [7, 11) is 0. The lowest BCUT2D eigenvalue weighted by Crippen LogP contribution is -2.67. The fourth-order valence-corrected chi connectivity index (χ4v) is 1.90. The molecule has 0 saturated carbocycles. The first-order valence-electron chi connectivity index (χ1n) is 6.07. The molecule has 0 aromatic carbocycles. The molecule has 0 radical (unpaired) electrons. The Balaban J connectivity index is 2.54. The van der Waals surface area contributed by atoms with Crippen molar-refractivity contribution in [2.75, 3.05) is 6.54 Å². The number of amides is 1. The van der Waals surface area contributed by atoms with Crippen molar-refractivity contribution in [1.82, 2.24) is 10.6 Å². The molecule has 0 aromatic heterocycles. The van der Waals surface area contributed by atoms with Crippen molar-refractivity contribution in [3.05, 3.63) is 0 Å². The van der Waals surface area contributed by atoms with E-state index in [1.165, 1.54) is 0 Å². The predicted octanol–water partition coefficient (Wildman–Crippen LogP) is -1.65. The topological polar surface area (TPSA) is 102 Å². The van der Waals surface area contributed by atoms with E-state index < -0.39 is 30.4 Å². The molecule has 1 rings (SSSR count). The summed E-state index contributed by atoms with van der Waals surface area (Å²) in [6.07, 6.45) is -1.81. The van der Waals surface area contributed by atoms with Gasteiger partial charge in [-0.15, -0.1) is 0 Å². The van der Waals surface area contributed by atoms with Crippen LogP contribution in [0.3, 0.4) is 0 Å². The smallest absolute Gasteiger partial charge is 0.239 e. The average molecular weight is 246 g/mol. The van der Waals surface area contributed by atoms with Crippen LogP contribution in [0.4, 0.5) is 0 Å². The van der Waals surface area contributed by atoms with Crippen LogP contribution in [0.25, 0.3) is 0 Å². The average Bonchev–Trinajstić information content (AvgIpc) is 2.31. The van der Waals surface area contributed by atoms with Gasteiger partial charge in [-0.3, -0.25) is 10.1 Å². The van der Waals surface area contributed by atoms with E-state index in [2.05, 4.69) is 10.6 Å². The van der Waals surface area contributed by atoms with Crippen LogP contribution in [-0.2, 0) is 4.79 Å². The van der Waals surface area contributed by atoms with E-state index in [-0.39, 0.29) is 5.91 Å². The lowest BCUT2D eigenvalue weighted by Gasteiger charge is -2.39. The summed E-state index contributed by atoms with van der Waals surface area (Å²) in [5.74, 6) is -0.344. The summed E-state index contributed by atoms with van der Waals surface area (Å²) >= 11 is 0. The third-order valence-electron chi connectivity index (χ3n) is 3.11. The zero-order chi connectivity index (χ0) is 13.0. The number of aliphatic hydroxyl groups is 3. The number of hydrogen-bond donors (Lipinski definition) is 5.